The lowest BCUT2D eigenvalue weighted by molar-refractivity contribution is 0.00220. The number of imidazole rings is 1. The van der Waals surface area contributed by atoms with Crippen LogP contribution in [0.5, 0.6) is 0 Å². The standard InChI is InChI=1S/C20H23N5O3/c1-24-14-21-12-17(24)20(26)25-10-5-8-16(13-25)27-11-9-18-22-19(28-23-18)15-6-3-2-4-7-15/h2-4,6-7,12,14,16H,5,8-11,13H2,1H3. The SMILES string of the molecule is Cn1cncc1C(=O)N1CCCC(OCCc2noc(-c3ccccc3)n2)C1. The number of hydrogen-bond donors (Lipinski definition) is 0. The highest BCUT2D eigenvalue weighted by molar-refractivity contribution is 5.92. The minimum atomic E-state index is -0.000953. The highest BCUT2D eigenvalue weighted by Crippen LogP contribution is 2.18. The first kappa shape index (κ1) is 18.4. The molecule has 4 rings (SSSR count). The zero-order chi connectivity index (χ0) is 19.3. The smallest absolute Gasteiger partial charge is 0.272 e. The molecule has 0 radical (unpaired) electrons. The molecule has 0 spiro atoms. The molecular weight excluding hydrogens is 358 g/mol. The molecule has 146 valence electrons. The maximum Gasteiger partial charge on any atom is 0.272 e. The van der Waals surface area contributed by atoms with Crippen LogP contribution in [-0.4, -0.2) is 56.3 Å². The van der Waals surface area contributed by atoms with Crippen LogP contribution >= 0.6 is 0 Å². The topological polar surface area (TPSA) is 86.3 Å². The third-order valence-electron chi connectivity index (χ3n) is 4.87. The van der Waals surface area contributed by atoms with Crippen molar-refractivity contribution < 1.29 is 14.1 Å². The van der Waals surface area contributed by atoms with E-state index in [1.807, 2.05) is 42.3 Å². The van der Waals surface area contributed by atoms with Gasteiger partial charge >= 0.3 is 0 Å². The Morgan fingerprint density at radius 3 is 2.96 bits per heavy atom. The van der Waals surface area contributed by atoms with Crippen molar-refractivity contribution in [1.82, 2.24) is 24.6 Å². The lowest BCUT2D eigenvalue weighted by Crippen LogP contribution is -2.43. The number of carbonyl (C=O) groups is 1. The number of carbonyl (C=O) groups excluding carboxylic acids is 1. The number of aryl methyl sites for hydroxylation is 1. The van der Waals surface area contributed by atoms with Gasteiger partial charge in [-0.1, -0.05) is 23.4 Å². The van der Waals surface area contributed by atoms with Crippen molar-refractivity contribution in [2.45, 2.75) is 25.4 Å². The molecule has 1 amide bonds. The molecule has 28 heavy (non-hydrogen) atoms. The van der Waals surface area contributed by atoms with Gasteiger partial charge in [-0.15, -0.1) is 0 Å². The van der Waals surface area contributed by atoms with Gasteiger partial charge in [0.2, 0.25) is 0 Å². The van der Waals surface area contributed by atoms with Crippen molar-refractivity contribution in [3.8, 4) is 11.5 Å². The summed E-state index contributed by atoms with van der Waals surface area (Å²) in [4.78, 5) is 22.9. The average Bonchev–Trinajstić information content (AvgIpc) is 3.37. The third-order valence-corrected chi connectivity index (χ3v) is 4.87. The predicted octanol–water partition coefficient (Wildman–Crippen LogP) is 2.33. The normalized spacial score (nSPS) is 17.0. The van der Waals surface area contributed by atoms with Gasteiger partial charge in [-0.3, -0.25) is 4.79 Å². The Hall–Kier alpha value is -3.00. The molecule has 1 aromatic carbocycles. The fourth-order valence-corrected chi connectivity index (χ4v) is 3.35. The van der Waals surface area contributed by atoms with E-state index in [9.17, 15) is 4.79 Å². The monoisotopic (exact) mass is 381 g/mol. The lowest BCUT2D eigenvalue weighted by atomic mass is 10.1. The Labute approximate surface area is 163 Å². The van der Waals surface area contributed by atoms with Crippen molar-refractivity contribution in [3.05, 3.63) is 54.4 Å². The Morgan fingerprint density at radius 2 is 2.18 bits per heavy atom. The summed E-state index contributed by atoms with van der Waals surface area (Å²) < 4.78 is 13.1. The second kappa shape index (κ2) is 8.35. The van der Waals surface area contributed by atoms with Gasteiger partial charge in [0, 0.05) is 32.1 Å². The Balaban J connectivity index is 1.28. The summed E-state index contributed by atoms with van der Waals surface area (Å²) in [7, 11) is 1.83. The molecule has 1 aliphatic rings. The zero-order valence-electron chi connectivity index (χ0n) is 15.8. The van der Waals surface area contributed by atoms with Gasteiger partial charge in [-0.05, 0) is 25.0 Å². The number of likely N-dealkylation sites (tertiary alicyclic amines) is 1. The summed E-state index contributed by atoms with van der Waals surface area (Å²) in [5.74, 6) is 1.14. The Bertz CT molecular complexity index is 921. The van der Waals surface area contributed by atoms with Gasteiger partial charge in [0.1, 0.15) is 5.69 Å². The number of hydrogen-bond acceptors (Lipinski definition) is 6. The number of rotatable bonds is 6. The van der Waals surface area contributed by atoms with Crippen LogP contribution in [0.3, 0.4) is 0 Å². The predicted molar refractivity (Wildman–Crippen MR) is 102 cm³/mol. The number of aromatic nitrogens is 4. The molecule has 0 N–H and O–H groups in total. The van der Waals surface area contributed by atoms with Gasteiger partial charge in [0.25, 0.3) is 11.8 Å². The Morgan fingerprint density at radius 1 is 1.32 bits per heavy atom. The molecule has 0 saturated carbocycles. The van der Waals surface area contributed by atoms with Gasteiger partial charge < -0.3 is 18.7 Å². The van der Waals surface area contributed by atoms with Gasteiger partial charge in [-0.25, -0.2) is 4.98 Å². The molecule has 8 nitrogen and oxygen atoms in total. The van der Waals surface area contributed by atoms with E-state index < -0.39 is 0 Å². The first-order valence-corrected chi connectivity index (χ1v) is 9.46. The van der Waals surface area contributed by atoms with Crippen LogP contribution in [0, 0.1) is 0 Å². The molecule has 1 aliphatic heterocycles. The second-order valence-electron chi connectivity index (χ2n) is 6.91. The number of nitrogens with zero attached hydrogens (tertiary/aromatic N) is 5. The van der Waals surface area contributed by atoms with Crippen molar-refractivity contribution in [2.75, 3.05) is 19.7 Å². The van der Waals surface area contributed by atoms with Gasteiger partial charge in [0.15, 0.2) is 5.82 Å². The first-order valence-electron chi connectivity index (χ1n) is 9.46. The highest BCUT2D eigenvalue weighted by Gasteiger charge is 2.26. The number of amides is 1. The molecular formula is C20H23N5O3. The molecule has 3 heterocycles. The van der Waals surface area contributed by atoms with E-state index in [0.29, 0.717) is 37.0 Å². The molecule has 8 heteroatoms. The van der Waals surface area contributed by atoms with Gasteiger partial charge in [-0.2, -0.15) is 4.98 Å². The largest absolute Gasteiger partial charge is 0.376 e. The van der Waals surface area contributed by atoms with Crippen LogP contribution in [0.15, 0.2) is 47.4 Å². The van der Waals surface area contributed by atoms with Crippen LogP contribution in [0.1, 0.15) is 29.2 Å². The summed E-state index contributed by atoms with van der Waals surface area (Å²) in [6, 6.07) is 9.68. The minimum absolute atomic E-state index is 0.000953. The molecule has 3 aromatic rings. The number of ether oxygens (including phenoxy) is 1. The van der Waals surface area contributed by atoms with E-state index >= 15 is 0 Å². The second-order valence-corrected chi connectivity index (χ2v) is 6.91. The van der Waals surface area contributed by atoms with E-state index in [0.717, 1.165) is 24.9 Å². The molecule has 1 fully saturated rings. The van der Waals surface area contributed by atoms with Gasteiger partial charge in [0.05, 0.1) is 25.2 Å². The van der Waals surface area contributed by atoms with E-state index in [1.54, 1.807) is 17.1 Å². The van der Waals surface area contributed by atoms with E-state index in [4.69, 9.17) is 9.26 Å². The van der Waals surface area contributed by atoms with Crippen molar-refractivity contribution >= 4 is 5.91 Å². The molecule has 1 atom stereocenters. The van der Waals surface area contributed by atoms with E-state index in [2.05, 4.69) is 15.1 Å². The van der Waals surface area contributed by atoms with Crippen molar-refractivity contribution in [2.24, 2.45) is 7.05 Å². The summed E-state index contributed by atoms with van der Waals surface area (Å²) in [6.45, 7) is 1.83. The summed E-state index contributed by atoms with van der Waals surface area (Å²) in [5.41, 5.74) is 1.50. The number of benzene rings is 1. The summed E-state index contributed by atoms with van der Waals surface area (Å²) >= 11 is 0. The lowest BCUT2D eigenvalue weighted by Gasteiger charge is -2.32. The van der Waals surface area contributed by atoms with Crippen LogP contribution in [-0.2, 0) is 18.2 Å². The summed E-state index contributed by atoms with van der Waals surface area (Å²) in [6.07, 6.45) is 5.70. The number of piperidine rings is 1. The minimum Gasteiger partial charge on any atom is -0.376 e. The Kier molecular flexibility index (Phi) is 5.48. The molecule has 1 unspecified atom stereocenters. The van der Waals surface area contributed by atoms with Crippen molar-refractivity contribution in [3.63, 3.8) is 0 Å². The van der Waals surface area contributed by atoms with Crippen LogP contribution < -0.4 is 0 Å². The zero-order valence-corrected chi connectivity index (χ0v) is 15.8. The highest BCUT2D eigenvalue weighted by atomic mass is 16.5. The molecule has 0 bridgehead atoms. The first-order chi connectivity index (χ1) is 13.7. The fourth-order valence-electron chi connectivity index (χ4n) is 3.35. The van der Waals surface area contributed by atoms with Crippen LogP contribution in [0.4, 0.5) is 0 Å². The quantitative estimate of drug-likeness (QED) is 0.651. The van der Waals surface area contributed by atoms with Crippen molar-refractivity contribution in [1.29, 1.82) is 0 Å². The van der Waals surface area contributed by atoms with E-state index in [1.165, 1.54) is 0 Å². The van der Waals surface area contributed by atoms with E-state index in [-0.39, 0.29) is 12.0 Å². The third kappa shape index (κ3) is 4.12. The van der Waals surface area contributed by atoms with Crippen LogP contribution in [0.2, 0.25) is 0 Å². The average molecular weight is 381 g/mol. The maximum absolute atomic E-state index is 12.6. The maximum atomic E-state index is 12.6. The molecule has 2 aromatic heterocycles. The summed E-state index contributed by atoms with van der Waals surface area (Å²) in [5, 5.41) is 4.02. The fraction of sp³-hybridized carbons (Fsp3) is 0.400. The molecule has 1 saturated heterocycles. The van der Waals surface area contributed by atoms with Crippen LogP contribution in [0.25, 0.3) is 11.5 Å². The molecule has 0 aliphatic carbocycles.